The Bertz CT molecular complexity index is 966. The number of nitrogens with one attached hydrogen (secondary N) is 1. The molecule has 2 N–H and O–H groups in total. The van der Waals surface area contributed by atoms with Gasteiger partial charge >= 0.3 is 0 Å². The van der Waals surface area contributed by atoms with Crippen LogP contribution in [-0.4, -0.2) is 46.5 Å². The van der Waals surface area contributed by atoms with E-state index in [-0.39, 0.29) is 5.92 Å². The van der Waals surface area contributed by atoms with E-state index < -0.39 is 0 Å². The van der Waals surface area contributed by atoms with Gasteiger partial charge < -0.3 is 15.3 Å². The number of fused-ring (bicyclic) bond motifs is 1. The summed E-state index contributed by atoms with van der Waals surface area (Å²) >= 11 is 0. The van der Waals surface area contributed by atoms with E-state index in [0.29, 0.717) is 43.7 Å². The first kappa shape index (κ1) is 18.9. The molecule has 7 heteroatoms. The summed E-state index contributed by atoms with van der Waals surface area (Å²) in [6.07, 6.45) is 10.9. The zero-order chi connectivity index (χ0) is 19.9. The van der Waals surface area contributed by atoms with Gasteiger partial charge in [-0.2, -0.15) is 0 Å². The van der Waals surface area contributed by atoms with Crippen LogP contribution in [0.2, 0.25) is 0 Å². The predicted octanol–water partition coefficient (Wildman–Crippen LogP) is 3.34. The molecule has 0 bridgehead atoms. The summed E-state index contributed by atoms with van der Waals surface area (Å²) in [7, 11) is 0. The Hall–Kier alpha value is -3.48. The Balaban J connectivity index is 1.40. The quantitative estimate of drug-likeness (QED) is 0.465. The fraction of sp³-hybridized carbons (Fsp3) is 0.273. The van der Waals surface area contributed by atoms with Crippen molar-refractivity contribution in [2.24, 2.45) is 10.1 Å². The Morgan fingerprint density at radius 1 is 1.17 bits per heavy atom. The van der Waals surface area contributed by atoms with Crippen molar-refractivity contribution in [3.05, 3.63) is 77.7 Å². The van der Waals surface area contributed by atoms with Crippen LogP contribution in [0.25, 0.3) is 0 Å². The van der Waals surface area contributed by atoms with E-state index in [1.165, 1.54) is 5.56 Å². The molecule has 1 aliphatic heterocycles. The van der Waals surface area contributed by atoms with Gasteiger partial charge in [0.2, 0.25) is 11.8 Å². The largest absolute Gasteiger partial charge is 0.476 e. The van der Waals surface area contributed by atoms with E-state index in [2.05, 4.69) is 37.6 Å². The molecule has 1 aliphatic carbocycles. The maximum atomic E-state index is 9.47. The van der Waals surface area contributed by atoms with Gasteiger partial charge in [-0.15, -0.1) is 0 Å². The number of oxime groups is 1. The molecule has 1 unspecified atom stereocenters. The van der Waals surface area contributed by atoms with Crippen LogP contribution in [0.5, 0.6) is 0 Å². The van der Waals surface area contributed by atoms with Gasteiger partial charge in [0.25, 0.3) is 0 Å². The molecule has 1 aromatic carbocycles. The number of aromatic nitrogens is 2. The van der Waals surface area contributed by atoms with Crippen LogP contribution in [0.1, 0.15) is 29.2 Å². The van der Waals surface area contributed by atoms with E-state index in [1.54, 1.807) is 6.20 Å². The molecule has 0 spiro atoms. The predicted molar refractivity (Wildman–Crippen MR) is 113 cm³/mol. The highest BCUT2D eigenvalue weighted by Gasteiger charge is 2.27. The normalized spacial score (nSPS) is 19.4. The molecule has 0 fully saturated rings. The lowest BCUT2D eigenvalue weighted by Gasteiger charge is -2.25. The highest BCUT2D eigenvalue weighted by Crippen LogP contribution is 2.32. The first-order chi connectivity index (χ1) is 14.3. The molecular formula is C22H23N5O2. The minimum Gasteiger partial charge on any atom is -0.476 e. The number of hydrogen-bond donors (Lipinski definition) is 2. The fourth-order valence-corrected chi connectivity index (χ4v) is 3.49. The molecule has 1 aromatic heterocycles. The lowest BCUT2D eigenvalue weighted by molar-refractivity contribution is 0.316. The van der Waals surface area contributed by atoms with Gasteiger partial charge in [0.05, 0.1) is 24.5 Å². The summed E-state index contributed by atoms with van der Waals surface area (Å²) in [5, 5.41) is 16.2. The van der Waals surface area contributed by atoms with Gasteiger partial charge in [-0.1, -0.05) is 53.7 Å². The van der Waals surface area contributed by atoms with Crippen molar-refractivity contribution in [2.45, 2.75) is 18.8 Å². The number of rotatable bonds is 5. The lowest BCUT2D eigenvalue weighted by Crippen LogP contribution is -2.22. The maximum absolute atomic E-state index is 9.47. The van der Waals surface area contributed by atoms with Crippen LogP contribution in [0, 0.1) is 0 Å². The lowest BCUT2D eigenvalue weighted by atomic mass is 9.82. The van der Waals surface area contributed by atoms with E-state index in [1.807, 2.05) is 42.5 Å². The van der Waals surface area contributed by atoms with Crippen LogP contribution in [0.3, 0.4) is 0 Å². The van der Waals surface area contributed by atoms with Gasteiger partial charge in [-0.3, -0.25) is 0 Å². The Kier molecular flexibility index (Phi) is 5.95. The first-order valence-electron chi connectivity index (χ1n) is 9.70. The summed E-state index contributed by atoms with van der Waals surface area (Å²) < 4.78 is 5.66. The molecule has 2 heterocycles. The molecule has 4 rings (SSSR count). The molecule has 0 amide bonds. The number of benzene rings is 1. The van der Waals surface area contributed by atoms with Crippen molar-refractivity contribution in [1.82, 2.24) is 9.97 Å². The molecule has 0 saturated carbocycles. The minimum atomic E-state index is 0.231. The average molecular weight is 389 g/mol. The first-order valence-corrected chi connectivity index (χ1v) is 9.70. The van der Waals surface area contributed by atoms with Gasteiger partial charge in [0, 0.05) is 18.2 Å². The standard InChI is InChI=1S/C22H23N5O2/c28-27-20-14-17(16-7-3-1-4-8-16)13-19-18(20)15-25-22(26-19)24-11-12-29-21-9-5-2-6-10-23-21/h1-9,15,17,28H,10-14H2,(H,24,25,26)/b27-20+. The monoisotopic (exact) mass is 389 g/mol. The van der Waals surface area contributed by atoms with Crippen LogP contribution < -0.4 is 5.32 Å². The topological polar surface area (TPSA) is 92.0 Å². The summed E-state index contributed by atoms with van der Waals surface area (Å²) in [6.45, 7) is 1.64. The highest BCUT2D eigenvalue weighted by atomic mass is 16.5. The van der Waals surface area contributed by atoms with E-state index in [4.69, 9.17) is 4.74 Å². The summed E-state index contributed by atoms with van der Waals surface area (Å²) in [5.74, 6) is 1.39. The third-order valence-corrected chi connectivity index (χ3v) is 4.92. The number of hydrogen-bond acceptors (Lipinski definition) is 7. The smallest absolute Gasteiger partial charge is 0.223 e. The third-order valence-electron chi connectivity index (χ3n) is 4.92. The Morgan fingerprint density at radius 2 is 2.07 bits per heavy atom. The molecule has 2 aliphatic rings. The van der Waals surface area contributed by atoms with E-state index in [0.717, 1.165) is 17.7 Å². The van der Waals surface area contributed by atoms with Crippen LogP contribution >= 0.6 is 0 Å². The van der Waals surface area contributed by atoms with Crippen molar-refractivity contribution < 1.29 is 9.94 Å². The molecule has 1 atom stereocenters. The van der Waals surface area contributed by atoms with Gasteiger partial charge in [-0.25, -0.2) is 15.0 Å². The van der Waals surface area contributed by atoms with Crippen molar-refractivity contribution >= 4 is 17.6 Å². The van der Waals surface area contributed by atoms with Crippen molar-refractivity contribution in [3.8, 4) is 0 Å². The second-order valence-electron chi connectivity index (χ2n) is 6.86. The number of anilines is 1. The van der Waals surface area contributed by atoms with Crippen LogP contribution in [0.15, 0.2) is 71.0 Å². The van der Waals surface area contributed by atoms with Gasteiger partial charge in [-0.05, 0) is 24.0 Å². The maximum Gasteiger partial charge on any atom is 0.223 e. The molecule has 29 heavy (non-hydrogen) atoms. The zero-order valence-corrected chi connectivity index (χ0v) is 16.0. The summed E-state index contributed by atoms with van der Waals surface area (Å²) in [4.78, 5) is 13.3. The zero-order valence-electron chi connectivity index (χ0n) is 16.0. The van der Waals surface area contributed by atoms with E-state index >= 15 is 0 Å². The Morgan fingerprint density at radius 3 is 2.93 bits per heavy atom. The molecule has 2 aromatic rings. The van der Waals surface area contributed by atoms with Crippen molar-refractivity contribution in [3.63, 3.8) is 0 Å². The number of allylic oxidation sites excluding steroid dienone is 2. The molecule has 0 saturated heterocycles. The SMILES string of the molecule is O/N=C1\CC(c2ccccc2)Cc2nc(NCCOC3=NCC=CC=C3)ncc21. The Labute approximate surface area is 169 Å². The summed E-state index contributed by atoms with van der Waals surface area (Å²) in [6, 6.07) is 10.3. The number of nitrogens with zero attached hydrogens (tertiary/aromatic N) is 4. The highest BCUT2D eigenvalue weighted by molar-refractivity contribution is 6.02. The fourth-order valence-electron chi connectivity index (χ4n) is 3.49. The number of ether oxygens (including phenoxy) is 1. The van der Waals surface area contributed by atoms with E-state index in [9.17, 15) is 5.21 Å². The second kappa shape index (κ2) is 9.14. The summed E-state index contributed by atoms with van der Waals surface area (Å²) in [5.41, 5.74) is 3.54. The van der Waals surface area contributed by atoms with Gasteiger partial charge in [0.1, 0.15) is 6.61 Å². The minimum absolute atomic E-state index is 0.231. The van der Waals surface area contributed by atoms with Gasteiger partial charge in [0.15, 0.2) is 0 Å². The second-order valence-corrected chi connectivity index (χ2v) is 6.86. The third kappa shape index (κ3) is 4.68. The van der Waals surface area contributed by atoms with Crippen molar-refractivity contribution in [2.75, 3.05) is 25.0 Å². The van der Waals surface area contributed by atoms with Crippen LogP contribution in [-0.2, 0) is 11.2 Å². The average Bonchev–Trinajstić information content (AvgIpc) is 3.05. The number of aliphatic imine (C=N–C) groups is 1. The molecular weight excluding hydrogens is 366 g/mol. The van der Waals surface area contributed by atoms with Crippen molar-refractivity contribution in [1.29, 1.82) is 0 Å². The molecule has 0 radical (unpaired) electrons. The molecule has 7 nitrogen and oxygen atoms in total. The molecule has 148 valence electrons. The van der Waals surface area contributed by atoms with Crippen LogP contribution in [0.4, 0.5) is 5.95 Å².